The third-order valence-corrected chi connectivity index (χ3v) is 5.16. The number of thioether (sulfide) groups is 1. The Morgan fingerprint density at radius 1 is 1.22 bits per heavy atom. The molecule has 1 saturated heterocycles. The Kier molecular flexibility index (Phi) is 3.99. The smallest absolute Gasteiger partial charge is 0.295 e. The summed E-state index contributed by atoms with van der Waals surface area (Å²) in [6.45, 7) is 4.05. The van der Waals surface area contributed by atoms with E-state index < -0.39 is 0 Å². The fourth-order valence-electron chi connectivity index (χ4n) is 2.55. The Morgan fingerprint density at radius 2 is 1.91 bits per heavy atom. The number of carbonyl (C=O) groups is 1. The number of imidazole rings is 1. The summed E-state index contributed by atoms with van der Waals surface area (Å²) in [5.41, 5.74) is 2.47. The van der Waals surface area contributed by atoms with Crippen molar-refractivity contribution in [3.63, 3.8) is 0 Å². The lowest BCUT2D eigenvalue weighted by atomic mass is 10.2. The first-order chi connectivity index (χ1) is 10.9. The molecule has 0 unspecified atom stereocenters. The van der Waals surface area contributed by atoms with E-state index in [0.29, 0.717) is 15.8 Å². The summed E-state index contributed by atoms with van der Waals surface area (Å²) in [5.74, 6) is -0.109. The summed E-state index contributed by atoms with van der Waals surface area (Å²) in [5, 5.41) is 0. The summed E-state index contributed by atoms with van der Waals surface area (Å²) in [7, 11) is 3.47. The second kappa shape index (κ2) is 5.82. The maximum absolute atomic E-state index is 12.3. The van der Waals surface area contributed by atoms with Crippen LogP contribution in [0.15, 0.2) is 40.6 Å². The summed E-state index contributed by atoms with van der Waals surface area (Å²) >= 11 is 6.51. The second-order valence-electron chi connectivity index (χ2n) is 5.23. The van der Waals surface area contributed by atoms with E-state index in [1.165, 1.54) is 16.7 Å². The second-order valence-corrected chi connectivity index (χ2v) is 6.91. The van der Waals surface area contributed by atoms with Crippen molar-refractivity contribution in [3.8, 4) is 0 Å². The summed E-state index contributed by atoms with van der Waals surface area (Å²) in [6, 6.07) is 5.67. The van der Waals surface area contributed by atoms with Crippen molar-refractivity contribution in [3.05, 3.63) is 51.8 Å². The highest BCUT2D eigenvalue weighted by molar-refractivity contribution is 8.26. The predicted octanol–water partition coefficient (Wildman–Crippen LogP) is 2.26. The van der Waals surface area contributed by atoms with Gasteiger partial charge in [-0.3, -0.25) is 18.8 Å². The van der Waals surface area contributed by atoms with Gasteiger partial charge in [-0.1, -0.05) is 36.1 Å². The lowest BCUT2D eigenvalue weighted by molar-refractivity contribution is -0.121. The molecular weight excluding hydrogens is 330 g/mol. The van der Waals surface area contributed by atoms with Gasteiger partial charge in [-0.15, -0.1) is 6.58 Å². The van der Waals surface area contributed by atoms with E-state index >= 15 is 0 Å². The first kappa shape index (κ1) is 15.8. The number of fused-ring (bicyclic) bond motifs is 1. The van der Waals surface area contributed by atoms with Gasteiger partial charge >= 0.3 is 5.69 Å². The molecular formula is C16H15N3O2S2. The van der Waals surface area contributed by atoms with E-state index in [-0.39, 0.29) is 11.6 Å². The monoisotopic (exact) mass is 345 g/mol. The van der Waals surface area contributed by atoms with Crippen molar-refractivity contribution >= 4 is 51.3 Å². The Labute approximate surface area is 142 Å². The van der Waals surface area contributed by atoms with Crippen LogP contribution in [0.2, 0.25) is 0 Å². The molecule has 1 aliphatic heterocycles. The van der Waals surface area contributed by atoms with Crippen LogP contribution in [0.5, 0.6) is 0 Å². The Bertz CT molecular complexity index is 937. The Balaban J connectivity index is 2.03. The van der Waals surface area contributed by atoms with Gasteiger partial charge in [-0.2, -0.15) is 0 Å². The van der Waals surface area contributed by atoms with Crippen molar-refractivity contribution in [2.45, 2.75) is 0 Å². The van der Waals surface area contributed by atoms with Crippen LogP contribution in [0, 0.1) is 0 Å². The minimum atomic E-state index is -0.109. The van der Waals surface area contributed by atoms with Crippen LogP contribution in [0.1, 0.15) is 5.56 Å². The average molecular weight is 345 g/mol. The van der Waals surface area contributed by atoms with E-state index in [1.807, 2.05) is 18.2 Å². The molecule has 0 N–H and O–H groups in total. The molecule has 1 aromatic carbocycles. The quantitative estimate of drug-likeness (QED) is 0.486. The maximum Gasteiger partial charge on any atom is 0.328 e. The summed E-state index contributed by atoms with van der Waals surface area (Å²) in [4.78, 5) is 26.4. The molecule has 0 saturated carbocycles. The van der Waals surface area contributed by atoms with Crippen LogP contribution in [0.4, 0.5) is 0 Å². The number of rotatable bonds is 3. The topological polar surface area (TPSA) is 47.2 Å². The molecule has 1 aliphatic rings. The first-order valence-electron chi connectivity index (χ1n) is 6.95. The van der Waals surface area contributed by atoms with E-state index in [1.54, 1.807) is 35.4 Å². The Hall–Kier alpha value is -2.12. The molecule has 1 fully saturated rings. The predicted molar refractivity (Wildman–Crippen MR) is 98.2 cm³/mol. The highest BCUT2D eigenvalue weighted by atomic mass is 32.2. The third-order valence-electron chi connectivity index (χ3n) is 3.78. The normalized spacial score (nSPS) is 16.8. The van der Waals surface area contributed by atoms with Crippen molar-refractivity contribution in [1.29, 1.82) is 0 Å². The fraction of sp³-hybridized carbons (Fsp3) is 0.188. The number of hydrogen-bond acceptors (Lipinski definition) is 4. The molecule has 2 aromatic rings. The third kappa shape index (κ3) is 2.55. The zero-order valence-electron chi connectivity index (χ0n) is 12.8. The highest BCUT2D eigenvalue weighted by Gasteiger charge is 2.30. The Morgan fingerprint density at radius 3 is 2.61 bits per heavy atom. The lowest BCUT2D eigenvalue weighted by Gasteiger charge is -2.10. The van der Waals surface area contributed by atoms with Crippen LogP contribution in [-0.4, -0.2) is 30.8 Å². The van der Waals surface area contributed by atoms with Crippen LogP contribution < -0.4 is 5.69 Å². The number of hydrogen-bond donors (Lipinski definition) is 0. The van der Waals surface area contributed by atoms with Crippen LogP contribution in [0.3, 0.4) is 0 Å². The number of thiocarbonyl (C=S) groups is 1. The van der Waals surface area contributed by atoms with Crippen molar-refractivity contribution in [2.75, 3.05) is 6.54 Å². The molecule has 2 heterocycles. The summed E-state index contributed by atoms with van der Waals surface area (Å²) < 4.78 is 3.73. The molecule has 5 nitrogen and oxygen atoms in total. The van der Waals surface area contributed by atoms with Gasteiger partial charge < -0.3 is 0 Å². The van der Waals surface area contributed by atoms with Gasteiger partial charge in [-0.25, -0.2) is 4.79 Å². The molecule has 1 amide bonds. The van der Waals surface area contributed by atoms with Crippen LogP contribution >= 0.6 is 24.0 Å². The number of aromatic nitrogens is 2. The molecule has 0 aliphatic carbocycles. The number of carbonyl (C=O) groups excluding carboxylic acids is 1. The van der Waals surface area contributed by atoms with Gasteiger partial charge in [0.15, 0.2) is 0 Å². The van der Waals surface area contributed by atoms with Crippen LogP contribution in [0.25, 0.3) is 17.1 Å². The van der Waals surface area contributed by atoms with E-state index in [2.05, 4.69) is 6.58 Å². The van der Waals surface area contributed by atoms with Gasteiger partial charge in [-0.05, 0) is 23.8 Å². The largest absolute Gasteiger partial charge is 0.328 e. The van der Waals surface area contributed by atoms with Gasteiger partial charge in [0.25, 0.3) is 5.91 Å². The lowest BCUT2D eigenvalue weighted by Crippen LogP contribution is -2.27. The van der Waals surface area contributed by atoms with Gasteiger partial charge in [0.05, 0.1) is 15.9 Å². The minimum absolute atomic E-state index is 0.0746. The molecule has 0 spiro atoms. The highest BCUT2D eigenvalue weighted by Crippen LogP contribution is 2.32. The number of benzene rings is 1. The van der Waals surface area contributed by atoms with E-state index in [4.69, 9.17) is 12.2 Å². The van der Waals surface area contributed by atoms with Gasteiger partial charge in [0.1, 0.15) is 4.32 Å². The minimum Gasteiger partial charge on any atom is -0.295 e. The van der Waals surface area contributed by atoms with Crippen molar-refractivity contribution < 1.29 is 4.79 Å². The van der Waals surface area contributed by atoms with Crippen LogP contribution in [-0.2, 0) is 18.9 Å². The zero-order chi connectivity index (χ0) is 16.7. The van der Waals surface area contributed by atoms with Crippen molar-refractivity contribution in [1.82, 2.24) is 14.0 Å². The summed E-state index contributed by atoms with van der Waals surface area (Å²) in [6.07, 6.45) is 3.46. The zero-order valence-corrected chi connectivity index (χ0v) is 14.4. The number of nitrogens with zero attached hydrogens (tertiary/aromatic N) is 3. The molecule has 1 aromatic heterocycles. The number of amides is 1. The number of aryl methyl sites for hydroxylation is 2. The van der Waals surface area contributed by atoms with E-state index in [0.717, 1.165) is 16.6 Å². The molecule has 3 rings (SSSR count). The molecule has 7 heteroatoms. The molecule has 0 bridgehead atoms. The fourth-order valence-corrected chi connectivity index (χ4v) is 3.83. The molecule has 0 atom stereocenters. The molecule has 0 radical (unpaired) electrons. The standard InChI is InChI=1S/C16H15N3O2S2/c1-4-7-19-14(20)13(23-16(19)22)9-10-5-6-11-12(8-10)18(3)15(21)17(11)2/h4-6,8-9H,1,7H2,2-3H3/b13-9+. The maximum atomic E-state index is 12.3. The molecule has 23 heavy (non-hydrogen) atoms. The first-order valence-corrected chi connectivity index (χ1v) is 8.18. The average Bonchev–Trinajstić information content (AvgIpc) is 2.91. The van der Waals surface area contributed by atoms with Gasteiger partial charge in [0.2, 0.25) is 0 Å². The molecule has 118 valence electrons. The SMILES string of the molecule is C=CCN1C(=O)/C(=C\c2ccc3c(c2)n(C)c(=O)n3C)SC1=S. The van der Waals surface area contributed by atoms with Gasteiger partial charge in [0, 0.05) is 20.6 Å². The van der Waals surface area contributed by atoms with E-state index in [9.17, 15) is 9.59 Å². The van der Waals surface area contributed by atoms with Crippen molar-refractivity contribution in [2.24, 2.45) is 14.1 Å².